The molecule has 2 fully saturated rings. The molecule has 9 heteroatoms. The van der Waals surface area contributed by atoms with E-state index in [2.05, 4.69) is 5.32 Å². The normalized spacial score (nSPS) is 21.3. The standard InChI is InChI=1S/C30H35N5O4/c1-21-28-34(27(36)20-39-35(28)30(38)32-18-22-10-3-2-4-11-22)26(16-7-8-17-31)29(37)33(21)19-24-14-9-13-23-12-5-6-15-25(23)24/h2-6,9-15,21,26,28H,7-8,16-20,31H2,1H3,(H,32,38)/t21-,26-,28-/m0/s1. The third-order valence-corrected chi connectivity index (χ3v) is 7.61. The van der Waals surface area contributed by atoms with Gasteiger partial charge in [-0.15, -0.1) is 0 Å². The highest BCUT2D eigenvalue weighted by Crippen LogP contribution is 2.33. The minimum absolute atomic E-state index is 0.122. The third kappa shape index (κ3) is 5.46. The molecule has 2 heterocycles. The molecule has 0 aliphatic carbocycles. The van der Waals surface area contributed by atoms with Crippen molar-refractivity contribution in [2.45, 2.75) is 57.5 Å². The largest absolute Gasteiger partial charge is 0.343 e. The molecule has 0 unspecified atom stereocenters. The zero-order valence-corrected chi connectivity index (χ0v) is 22.2. The van der Waals surface area contributed by atoms with Crippen molar-refractivity contribution in [2.75, 3.05) is 13.2 Å². The summed E-state index contributed by atoms with van der Waals surface area (Å²) < 4.78 is 0. The fourth-order valence-corrected chi connectivity index (χ4v) is 5.61. The Morgan fingerprint density at radius 3 is 2.54 bits per heavy atom. The van der Waals surface area contributed by atoms with Gasteiger partial charge in [0.15, 0.2) is 12.8 Å². The Labute approximate surface area is 228 Å². The maximum absolute atomic E-state index is 14.0. The summed E-state index contributed by atoms with van der Waals surface area (Å²) in [4.78, 5) is 49.7. The summed E-state index contributed by atoms with van der Waals surface area (Å²) in [5.74, 6) is -0.418. The maximum atomic E-state index is 14.0. The maximum Gasteiger partial charge on any atom is 0.343 e. The lowest BCUT2D eigenvalue weighted by Gasteiger charge is -2.54. The van der Waals surface area contributed by atoms with Gasteiger partial charge in [0.1, 0.15) is 6.04 Å². The number of amides is 4. The van der Waals surface area contributed by atoms with Crippen LogP contribution in [-0.4, -0.2) is 64.1 Å². The van der Waals surface area contributed by atoms with E-state index in [0.29, 0.717) is 32.5 Å². The number of nitrogens with two attached hydrogens (primary N) is 1. The molecule has 2 saturated heterocycles. The van der Waals surface area contributed by atoms with E-state index in [0.717, 1.165) is 28.3 Å². The number of hydrogen-bond donors (Lipinski definition) is 2. The van der Waals surface area contributed by atoms with Gasteiger partial charge in [-0.05, 0) is 54.6 Å². The molecular weight excluding hydrogens is 494 g/mol. The number of unbranched alkanes of at least 4 members (excludes halogenated alkanes) is 1. The van der Waals surface area contributed by atoms with Crippen LogP contribution in [0.1, 0.15) is 37.3 Å². The van der Waals surface area contributed by atoms with E-state index in [1.807, 2.05) is 79.7 Å². The molecule has 0 bridgehead atoms. The highest BCUT2D eigenvalue weighted by Gasteiger charge is 2.53. The monoisotopic (exact) mass is 529 g/mol. The van der Waals surface area contributed by atoms with E-state index in [1.54, 1.807) is 9.80 Å². The van der Waals surface area contributed by atoms with Gasteiger partial charge >= 0.3 is 6.03 Å². The summed E-state index contributed by atoms with van der Waals surface area (Å²) in [5.41, 5.74) is 7.68. The molecule has 0 spiro atoms. The molecule has 0 radical (unpaired) electrons. The van der Waals surface area contributed by atoms with Crippen molar-refractivity contribution in [3.63, 3.8) is 0 Å². The van der Waals surface area contributed by atoms with Crippen LogP contribution in [0.4, 0.5) is 4.79 Å². The zero-order valence-electron chi connectivity index (χ0n) is 22.2. The van der Waals surface area contributed by atoms with Gasteiger partial charge in [-0.25, -0.2) is 4.79 Å². The molecule has 3 aromatic rings. The second-order valence-corrected chi connectivity index (χ2v) is 10.1. The van der Waals surface area contributed by atoms with Gasteiger partial charge in [0.05, 0.1) is 6.04 Å². The van der Waals surface area contributed by atoms with E-state index in [9.17, 15) is 14.4 Å². The van der Waals surface area contributed by atoms with Crippen LogP contribution in [0.25, 0.3) is 10.8 Å². The van der Waals surface area contributed by atoms with E-state index in [-0.39, 0.29) is 18.4 Å². The minimum Gasteiger partial charge on any atom is -0.332 e. The van der Waals surface area contributed by atoms with Gasteiger partial charge in [0.2, 0.25) is 5.91 Å². The Bertz CT molecular complexity index is 1330. The quantitative estimate of drug-likeness (QED) is 0.435. The Morgan fingerprint density at radius 1 is 1.00 bits per heavy atom. The molecule has 204 valence electrons. The van der Waals surface area contributed by atoms with Crippen molar-refractivity contribution in [1.82, 2.24) is 20.2 Å². The van der Waals surface area contributed by atoms with E-state index in [4.69, 9.17) is 10.6 Å². The van der Waals surface area contributed by atoms with Gasteiger partial charge in [0.25, 0.3) is 5.91 Å². The number of urea groups is 1. The molecule has 2 aliphatic heterocycles. The summed E-state index contributed by atoms with van der Waals surface area (Å²) in [7, 11) is 0. The predicted molar refractivity (Wildman–Crippen MR) is 148 cm³/mol. The van der Waals surface area contributed by atoms with Crippen LogP contribution >= 0.6 is 0 Å². The van der Waals surface area contributed by atoms with Crippen LogP contribution in [0.5, 0.6) is 0 Å². The summed E-state index contributed by atoms with van der Waals surface area (Å²) in [6.45, 7) is 2.74. The first-order chi connectivity index (χ1) is 19.0. The fourth-order valence-electron chi connectivity index (χ4n) is 5.61. The van der Waals surface area contributed by atoms with Crippen LogP contribution in [-0.2, 0) is 27.5 Å². The second kappa shape index (κ2) is 11.8. The van der Waals surface area contributed by atoms with Gasteiger partial charge in [-0.1, -0.05) is 72.8 Å². The first-order valence-corrected chi connectivity index (χ1v) is 13.5. The van der Waals surface area contributed by atoms with Crippen LogP contribution in [0, 0.1) is 0 Å². The molecule has 0 saturated carbocycles. The Morgan fingerprint density at radius 2 is 1.74 bits per heavy atom. The molecular formula is C30H35N5O4. The lowest BCUT2D eigenvalue weighted by atomic mass is 9.96. The zero-order chi connectivity index (χ0) is 27.4. The van der Waals surface area contributed by atoms with Crippen molar-refractivity contribution >= 4 is 28.6 Å². The summed E-state index contributed by atoms with van der Waals surface area (Å²) in [5, 5.41) is 6.31. The number of hydrogen-bond acceptors (Lipinski definition) is 5. The number of carbonyl (C=O) groups excluding carboxylic acids is 3. The van der Waals surface area contributed by atoms with Crippen molar-refractivity contribution in [3.8, 4) is 0 Å². The highest BCUT2D eigenvalue weighted by molar-refractivity contribution is 5.92. The topological polar surface area (TPSA) is 108 Å². The molecule has 3 N–H and O–H groups in total. The second-order valence-electron chi connectivity index (χ2n) is 10.1. The van der Waals surface area contributed by atoms with E-state index >= 15 is 0 Å². The molecule has 39 heavy (non-hydrogen) atoms. The van der Waals surface area contributed by atoms with Crippen molar-refractivity contribution < 1.29 is 19.2 Å². The fraction of sp³-hybridized carbons (Fsp3) is 0.367. The smallest absolute Gasteiger partial charge is 0.332 e. The number of fused-ring (bicyclic) bond motifs is 2. The van der Waals surface area contributed by atoms with Crippen LogP contribution < -0.4 is 11.1 Å². The van der Waals surface area contributed by atoms with Crippen molar-refractivity contribution in [3.05, 3.63) is 83.9 Å². The summed E-state index contributed by atoms with van der Waals surface area (Å²) in [6, 6.07) is 22.0. The molecule has 3 atom stereocenters. The van der Waals surface area contributed by atoms with Gasteiger partial charge in [0, 0.05) is 13.1 Å². The minimum atomic E-state index is -0.766. The number of nitrogens with zero attached hydrogens (tertiary/aromatic N) is 3. The molecule has 4 amide bonds. The van der Waals surface area contributed by atoms with Gasteiger partial charge in [-0.3, -0.25) is 14.4 Å². The van der Waals surface area contributed by atoms with Crippen LogP contribution in [0.3, 0.4) is 0 Å². The number of benzene rings is 3. The third-order valence-electron chi connectivity index (χ3n) is 7.61. The first-order valence-electron chi connectivity index (χ1n) is 13.5. The first kappa shape index (κ1) is 26.6. The van der Waals surface area contributed by atoms with E-state index in [1.165, 1.54) is 5.06 Å². The van der Waals surface area contributed by atoms with Gasteiger partial charge < -0.3 is 20.9 Å². The highest BCUT2D eigenvalue weighted by atomic mass is 16.7. The van der Waals surface area contributed by atoms with Crippen LogP contribution in [0.15, 0.2) is 72.8 Å². The molecule has 0 aromatic heterocycles. The molecule has 9 nitrogen and oxygen atoms in total. The number of hydroxylamine groups is 2. The molecule has 2 aliphatic rings. The lowest BCUT2D eigenvalue weighted by Crippen LogP contribution is -2.75. The lowest BCUT2D eigenvalue weighted by molar-refractivity contribution is -0.246. The number of piperazine rings is 1. The van der Waals surface area contributed by atoms with Gasteiger partial charge in [-0.2, -0.15) is 5.06 Å². The van der Waals surface area contributed by atoms with Crippen LogP contribution in [0.2, 0.25) is 0 Å². The average molecular weight is 530 g/mol. The molecule has 3 aromatic carbocycles. The summed E-state index contributed by atoms with van der Waals surface area (Å²) >= 11 is 0. The van der Waals surface area contributed by atoms with Crippen molar-refractivity contribution in [1.29, 1.82) is 0 Å². The number of rotatable bonds is 8. The number of carbonyl (C=O) groups is 3. The summed E-state index contributed by atoms with van der Waals surface area (Å²) in [6.07, 6.45) is 1.14. The Hall–Kier alpha value is -3.95. The van der Waals surface area contributed by atoms with E-state index < -0.39 is 24.3 Å². The van der Waals surface area contributed by atoms with Crippen molar-refractivity contribution in [2.24, 2.45) is 5.73 Å². The average Bonchev–Trinajstić information content (AvgIpc) is 2.96. The SMILES string of the molecule is C[C@H]1[C@@H]2N(C(=O)NCc3ccccc3)OCC(=O)N2[C@@H](CCCCN)C(=O)N1Cc1cccc2ccccc12. The molecule has 5 rings (SSSR count). The Kier molecular flexibility index (Phi) is 8.09. The Balaban J connectivity index is 1.46. The number of nitrogens with one attached hydrogen (secondary N) is 1. The predicted octanol–water partition coefficient (Wildman–Crippen LogP) is 3.38.